The van der Waals surface area contributed by atoms with Gasteiger partial charge in [-0.1, -0.05) is 31.0 Å². The molecule has 0 aromatic carbocycles. The number of carbonyl (C=O) groups is 2. The number of alkyl halides is 1. The number of aryl methyl sites for hydroxylation is 1. The van der Waals surface area contributed by atoms with Crippen LogP contribution in [0.2, 0.25) is 0 Å². The second kappa shape index (κ2) is 9.49. The van der Waals surface area contributed by atoms with Gasteiger partial charge in [-0.3, -0.25) is 14.0 Å². The van der Waals surface area contributed by atoms with Crippen LogP contribution in [0.5, 0.6) is 0 Å². The predicted molar refractivity (Wildman–Crippen MR) is 108 cm³/mol. The zero-order chi connectivity index (χ0) is 20.1. The van der Waals surface area contributed by atoms with Crippen LogP contribution in [0.25, 0.3) is 0 Å². The Morgan fingerprint density at radius 1 is 1.36 bits per heavy atom. The fourth-order valence-electron chi connectivity index (χ4n) is 3.67. The lowest BCUT2D eigenvalue weighted by atomic mass is 9.90. The van der Waals surface area contributed by atoms with Crippen LogP contribution in [-0.2, 0) is 16.1 Å². The van der Waals surface area contributed by atoms with Crippen molar-refractivity contribution in [3.05, 3.63) is 28.2 Å². The summed E-state index contributed by atoms with van der Waals surface area (Å²) in [7, 11) is 0. The van der Waals surface area contributed by atoms with Crippen LogP contribution in [0.3, 0.4) is 0 Å². The molecule has 8 heteroatoms. The Morgan fingerprint density at radius 2 is 2.11 bits per heavy atom. The van der Waals surface area contributed by atoms with E-state index in [9.17, 15) is 14.0 Å². The van der Waals surface area contributed by atoms with E-state index >= 15 is 0 Å². The topological polar surface area (TPSA) is 75.2 Å². The molecular formula is C20H27FN4O2S. The summed E-state index contributed by atoms with van der Waals surface area (Å²) in [5, 5.41) is 3.15. The lowest BCUT2D eigenvalue weighted by Crippen LogP contribution is -2.32. The third kappa shape index (κ3) is 4.90. The van der Waals surface area contributed by atoms with Gasteiger partial charge in [0.05, 0.1) is 19.8 Å². The Balaban J connectivity index is 1.83. The zero-order valence-electron chi connectivity index (χ0n) is 16.5. The maximum absolute atomic E-state index is 13.2. The van der Waals surface area contributed by atoms with Gasteiger partial charge >= 0.3 is 0 Å². The van der Waals surface area contributed by atoms with Crippen molar-refractivity contribution in [3.63, 3.8) is 0 Å². The fourth-order valence-corrected chi connectivity index (χ4v) is 4.75. The van der Waals surface area contributed by atoms with E-state index in [1.165, 1.54) is 6.42 Å². The standard InChI is InChI=1S/C20H27FN4O2S/c1-13(17(8-9-21)28-20(27)15-6-4-3-5-7-15)25-12-16-10-22-14(2)24-19(16)23-11-18(25)26/h10,15H,3-9,11-12H2,1-2H3,(H,22,23,24)/b17-13-. The molecule has 1 aliphatic heterocycles. The van der Waals surface area contributed by atoms with Crippen LogP contribution in [-0.4, -0.2) is 39.1 Å². The van der Waals surface area contributed by atoms with Gasteiger partial charge in [0.2, 0.25) is 5.91 Å². The van der Waals surface area contributed by atoms with Gasteiger partial charge in [-0.25, -0.2) is 9.97 Å². The summed E-state index contributed by atoms with van der Waals surface area (Å²) < 4.78 is 13.2. The Morgan fingerprint density at radius 3 is 2.82 bits per heavy atom. The van der Waals surface area contributed by atoms with Crippen LogP contribution < -0.4 is 5.32 Å². The number of rotatable bonds is 5. The van der Waals surface area contributed by atoms with Crippen molar-refractivity contribution in [2.75, 3.05) is 18.5 Å². The number of allylic oxidation sites excluding steroid dienone is 2. The number of amides is 1. The van der Waals surface area contributed by atoms with Crippen LogP contribution in [0, 0.1) is 12.8 Å². The fraction of sp³-hybridized carbons (Fsp3) is 0.600. The molecule has 1 amide bonds. The van der Waals surface area contributed by atoms with Crippen LogP contribution in [0.4, 0.5) is 10.2 Å². The summed E-state index contributed by atoms with van der Waals surface area (Å²) in [4.78, 5) is 36.3. The molecule has 2 heterocycles. The van der Waals surface area contributed by atoms with Gasteiger partial charge in [-0.05, 0) is 26.7 Å². The summed E-state index contributed by atoms with van der Waals surface area (Å²) in [5.41, 5.74) is 1.45. The third-order valence-electron chi connectivity index (χ3n) is 5.31. The van der Waals surface area contributed by atoms with Crippen LogP contribution >= 0.6 is 11.8 Å². The van der Waals surface area contributed by atoms with E-state index in [2.05, 4.69) is 15.3 Å². The second-order valence-electron chi connectivity index (χ2n) is 7.33. The van der Waals surface area contributed by atoms with E-state index in [0.717, 1.165) is 43.0 Å². The normalized spacial score (nSPS) is 18.8. The molecule has 0 saturated heterocycles. The molecule has 28 heavy (non-hydrogen) atoms. The number of halogens is 1. The van der Waals surface area contributed by atoms with Gasteiger partial charge in [0, 0.05) is 34.7 Å². The Labute approximate surface area is 169 Å². The molecule has 1 saturated carbocycles. The molecule has 0 unspecified atom stereocenters. The SMILES string of the molecule is C/C(=C(\CCF)SC(=O)C1CCCCC1)N1Cc2cnc(C)nc2NCC1=O. The largest absolute Gasteiger partial charge is 0.361 e. The number of nitrogens with zero attached hydrogens (tertiary/aromatic N) is 3. The number of carbonyl (C=O) groups excluding carboxylic acids is 2. The van der Waals surface area contributed by atoms with Gasteiger partial charge in [0.15, 0.2) is 5.12 Å². The molecule has 2 aliphatic rings. The van der Waals surface area contributed by atoms with Gasteiger partial charge < -0.3 is 10.2 Å². The van der Waals surface area contributed by atoms with Crippen molar-refractivity contribution in [1.29, 1.82) is 0 Å². The minimum atomic E-state index is -0.559. The number of thioether (sulfide) groups is 1. The van der Waals surface area contributed by atoms with Gasteiger partial charge in [-0.15, -0.1) is 0 Å². The quantitative estimate of drug-likeness (QED) is 0.797. The van der Waals surface area contributed by atoms with Crippen molar-refractivity contribution >= 4 is 28.6 Å². The number of fused-ring (bicyclic) bond motifs is 1. The molecule has 0 spiro atoms. The Bertz CT molecular complexity index is 777. The van der Waals surface area contributed by atoms with Crippen molar-refractivity contribution in [1.82, 2.24) is 14.9 Å². The molecule has 0 bridgehead atoms. The lowest BCUT2D eigenvalue weighted by Gasteiger charge is -2.25. The number of hydrogen-bond acceptors (Lipinski definition) is 6. The first-order valence-corrected chi connectivity index (χ1v) is 10.7. The molecule has 3 rings (SSSR count). The lowest BCUT2D eigenvalue weighted by molar-refractivity contribution is -0.127. The Kier molecular flexibility index (Phi) is 7.04. The smallest absolute Gasteiger partial charge is 0.246 e. The number of hydrogen-bond donors (Lipinski definition) is 1. The molecule has 1 aliphatic carbocycles. The minimum absolute atomic E-state index is 0.0414. The van der Waals surface area contributed by atoms with E-state index in [0.29, 0.717) is 28.8 Å². The van der Waals surface area contributed by atoms with E-state index in [1.54, 1.807) is 24.9 Å². The Hall–Kier alpha value is -1.96. The molecule has 1 aromatic rings. The third-order valence-corrected chi connectivity index (χ3v) is 6.59. The highest BCUT2D eigenvalue weighted by atomic mass is 32.2. The molecule has 1 fully saturated rings. The summed E-state index contributed by atoms with van der Waals surface area (Å²) in [6, 6.07) is 0. The molecule has 152 valence electrons. The van der Waals surface area contributed by atoms with Crippen molar-refractivity contribution in [3.8, 4) is 0 Å². The van der Waals surface area contributed by atoms with E-state index in [1.807, 2.05) is 0 Å². The highest BCUT2D eigenvalue weighted by molar-refractivity contribution is 8.17. The summed E-state index contributed by atoms with van der Waals surface area (Å²) in [6.07, 6.45) is 6.99. The molecule has 1 N–H and O–H groups in total. The molecular weight excluding hydrogens is 379 g/mol. The molecule has 0 atom stereocenters. The van der Waals surface area contributed by atoms with Crippen LogP contribution in [0.15, 0.2) is 16.8 Å². The highest BCUT2D eigenvalue weighted by Gasteiger charge is 2.27. The van der Waals surface area contributed by atoms with E-state index < -0.39 is 6.67 Å². The predicted octanol–water partition coefficient (Wildman–Crippen LogP) is 3.97. The van der Waals surface area contributed by atoms with E-state index in [-0.39, 0.29) is 29.9 Å². The second-order valence-corrected chi connectivity index (χ2v) is 8.43. The first kappa shape index (κ1) is 20.8. The van der Waals surface area contributed by atoms with Crippen molar-refractivity contribution < 1.29 is 14.0 Å². The average Bonchev–Trinajstić information content (AvgIpc) is 2.86. The van der Waals surface area contributed by atoms with Gasteiger partial charge in [0.1, 0.15) is 11.6 Å². The van der Waals surface area contributed by atoms with E-state index in [4.69, 9.17) is 0 Å². The monoisotopic (exact) mass is 406 g/mol. The van der Waals surface area contributed by atoms with Crippen molar-refractivity contribution in [2.45, 2.75) is 58.9 Å². The summed E-state index contributed by atoms with van der Waals surface area (Å²) in [5.74, 6) is 1.19. The average molecular weight is 407 g/mol. The highest BCUT2D eigenvalue weighted by Crippen LogP contribution is 2.35. The zero-order valence-corrected chi connectivity index (χ0v) is 17.3. The minimum Gasteiger partial charge on any atom is -0.361 e. The molecule has 6 nitrogen and oxygen atoms in total. The number of aromatic nitrogens is 2. The van der Waals surface area contributed by atoms with Crippen LogP contribution in [0.1, 0.15) is 56.8 Å². The van der Waals surface area contributed by atoms with Gasteiger partial charge in [-0.2, -0.15) is 0 Å². The number of anilines is 1. The maximum atomic E-state index is 13.2. The first-order valence-electron chi connectivity index (χ1n) is 9.83. The summed E-state index contributed by atoms with van der Waals surface area (Å²) >= 11 is 1.13. The summed E-state index contributed by atoms with van der Waals surface area (Å²) in [6.45, 7) is 3.44. The van der Waals surface area contributed by atoms with Gasteiger partial charge in [0.25, 0.3) is 0 Å². The first-order chi connectivity index (χ1) is 13.5. The van der Waals surface area contributed by atoms with Crippen molar-refractivity contribution in [2.24, 2.45) is 5.92 Å². The number of nitrogens with one attached hydrogen (secondary N) is 1. The maximum Gasteiger partial charge on any atom is 0.246 e. The molecule has 1 aromatic heterocycles. The molecule has 0 radical (unpaired) electrons.